The molecular weight excluding hydrogens is 364 g/mol. The largest absolute Gasteiger partial charge is 0.492 e. The first-order valence-corrected chi connectivity index (χ1v) is 10.2. The summed E-state index contributed by atoms with van der Waals surface area (Å²) in [6.45, 7) is 9.85. The van der Waals surface area contributed by atoms with E-state index in [1.165, 1.54) is 6.42 Å². The zero-order valence-electron chi connectivity index (χ0n) is 16.4. The summed E-state index contributed by atoms with van der Waals surface area (Å²) in [6.07, 6.45) is 1.18. The molecule has 1 aromatic rings. The van der Waals surface area contributed by atoms with E-state index in [0.717, 1.165) is 68.7 Å². The lowest BCUT2D eigenvalue weighted by atomic mass is 10.1. The fourth-order valence-corrected chi connectivity index (χ4v) is 4.00. The van der Waals surface area contributed by atoms with Crippen molar-refractivity contribution in [2.24, 2.45) is 5.92 Å². The molecule has 2 aliphatic heterocycles. The minimum atomic E-state index is 0.0808. The average molecular weight is 395 g/mol. The van der Waals surface area contributed by atoms with Gasteiger partial charge in [-0.05, 0) is 56.6 Å². The lowest BCUT2D eigenvalue weighted by Gasteiger charge is -2.34. The molecule has 27 heavy (non-hydrogen) atoms. The third-order valence-electron chi connectivity index (χ3n) is 5.49. The molecule has 1 N–H and O–H groups in total. The Morgan fingerprint density at radius 3 is 2.70 bits per heavy atom. The second-order valence-corrected chi connectivity index (χ2v) is 8.13. The topological polar surface area (TPSA) is 48.1 Å². The highest BCUT2D eigenvalue weighted by atomic mass is 35.5. The molecule has 1 aromatic carbocycles. The number of carbonyl (C=O) groups excluding carboxylic acids is 1. The van der Waals surface area contributed by atoms with Crippen molar-refractivity contribution in [3.63, 3.8) is 0 Å². The maximum atomic E-state index is 12.4. The molecule has 1 atom stereocenters. The summed E-state index contributed by atoms with van der Waals surface area (Å²) in [6, 6.07) is 5.77. The lowest BCUT2D eigenvalue weighted by molar-refractivity contribution is 0.125. The first-order valence-electron chi connectivity index (χ1n) is 9.84. The molecule has 0 spiro atoms. The second-order valence-electron chi connectivity index (χ2n) is 7.69. The molecule has 6 nitrogen and oxygen atoms in total. The van der Waals surface area contributed by atoms with Crippen molar-refractivity contribution in [2.75, 3.05) is 66.0 Å². The molecule has 2 saturated heterocycles. The van der Waals surface area contributed by atoms with Gasteiger partial charge in [0.15, 0.2) is 0 Å². The Morgan fingerprint density at radius 2 is 2.04 bits per heavy atom. The van der Waals surface area contributed by atoms with Crippen LogP contribution in [0.15, 0.2) is 18.2 Å². The zero-order valence-corrected chi connectivity index (χ0v) is 17.2. The van der Waals surface area contributed by atoms with Gasteiger partial charge in [0.05, 0.1) is 0 Å². The van der Waals surface area contributed by atoms with E-state index < -0.39 is 0 Å². The van der Waals surface area contributed by atoms with Gasteiger partial charge in [-0.3, -0.25) is 4.90 Å². The van der Waals surface area contributed by atoms with Crippen LogP contribution >= 0.6 is 11.6 Å². The van der Waals surface area contributed by atoms with Crippen molar-refractivity contribution < 1.29 is 9.53 Å². The van der Waals surface area contributed by atoms with Crippen LogP contribution in [0.4, 0.5) is 4.79 Å². The van der Waals surface area contributed by atoms with Crippen LogP contribution in [0.5, 0.6) is 5.75 Å². The van der Waals surface area contributed by atoms with Crippen molar-refractivity contribution in [1.82, 2.24) is 20.0 Å². The van der Waals surface area contributed by atoms with Crippen molar-refractivity contribution in [2.45, 2.75) is 13.3 Å². The Kier molecular flexibility index (Phi) is 7.21. The van der Waals surface area contributed by atoms with Gasteiger partial charge < -0.3 is 19.9 Å². The smallest absolute Gasteiger partial charge is 0.317 e. The van der Waals surface area contributed by atoms with Gasteiger partial charge in [0, 0.05) is 50.8 Å². The van der Waals surface area contributed by atoms with Crippen LogP contribution in [0.2, 0.25) is 5.02 Å². The Bertz CT molecular complexity index is 634. The number of hydrogen-bond donors (Lipinski definition) is 1. The molecule has 2 heterocycles. The van der Waals surface area contributed by atoms with Crippen molar-refractivity contribution >= 4 is 17.6 Å². The first kappa shape index (κ1) is 20.2. The van der Waals surface area contributed by atoms with Crippen LogP contribution in [0.1, 0.15) is 12.0 Å². The number of hydrogen-bond acceptors (Lipinski definition) is 4. The molecule has 0 aliphatic carbocycles. The Morgan fingerprint density at radius 1 is 1.26 bits per heavy atom. The van der Waals surface area contributed by atoms with E-state index in [0.29, 0.717) is 12.5 Å². The number of benzene rings is 1. The van der Waals surface area contributed by atoms with Crippen molar-refractivity contribution in [3.05, 3.63) is 28.8 Å². The van der Waals surface area contributed by atoms with Gasteiger partial charge in [-0.1, -0.05) is 11.6 Å². The van der Waals surface area contributed by atoms with E-state index in [1.54, 1.807) is 0 Å². The number of nitrogens with one attached hydrogen (secondary N) is 1. The zero-order chi connectivity index (χ0) is 19.2. The molecule has 0 bridgehead atoms. The Labute approximate surface area is 167 Å². The van der Waals surface area contributed by atoms with E-state index in [9.17, 15) is 4.79 Å². The number of urea groups is 1. The van der Waals surface area contributed by atoms with Crippen LogP contribution in [0.25, 0.3) is 0 Å². The SMILES string of the molecule is Cc1cc(Cl)ccc1OCCN1CCN(C(=O)NCC2CCN(C)C2)CC1. The summed E-state index contributed by atoms with van der Waals surface area (Å²) in [5, 5.41) is 3.84. The monoisotopic (exact) mass is 394 g/mol. The highest BCUT2D eigenvalue weighted by molar-refractivity contribution is 6.30. The first-order chi connectivity index (χ1) is 13.0. The predicted octanol–water partition coefficient (Wildman–Crippen LogP) is 2.31. The highest BCUT2D eigenvalue weighted by Crippen LogP contribution is 2.21. The highest BCUT2D eigenvalue weighted by Gasteiger charge is 2.23. The van der Waals surface area contributed by atoms with E-state index in [4.69, 9.17) is 16.3 Å². The summed E-state index contributed by atoms with van der Waals surface area (Å²) in [7, 11) is 2.14. The third-order valence-corrected chi connectivity index (χ3v) is 5.73. The van der Waals surface area contributed by atoms with Crippen molar-refractivity contribution in [1.29, 1.82) is 0 Å². The molecule has 0 saturated carbocycles. The van der Waals surface area contributed by atoms with Crippen LogP contribution < -0.4 is 10.1 Å². The summed E-state index contributed by atoms with van der Waals surface area (Å²) >= 11 is 5.97. The maximum absolute atomic E-state index is 12.4. The summed E-state index contributed by atoms with van der Waals surface area (Å²) < 4.78 is 5.88. The average Bonchev–Trinajstić information content (AvgIpc) is 3.07. The van der Waals surface area contributed by atoms with Gasteiger partial charge in [-0.2, -0.15) is 0 Å². The molecule has 2 amide bonds. The normalized spacial score (nSPS) is 21.4. The van der Waals surface area contributed by atoms with Gasteiger partial charge in [0.2, 0.25) is 0 Å². The number of rotatable bonds is 6. The van der Waals surface area contributed by atoms with Crippen LogP contribution in [-0.2, 0) is 0 Å². The van der Waals surface area contributed by atoms with Crippen molar-refractivity contribution in [3.8, 4) is 5.75 Å². The molecule has 7 heteroatoms. The molecule has 2 aliphatic rings. The van der Waals surface area contributed by atoms with E-state index in [2.05, 4.69) is 22.2 Å². The number of carbonyl (C=O) groups is 1. The number of aryl methyl sites for hydroxylation is 1. The van der Waals surface area contributed by atoms with Crippen LogP contribution in [0, 0.1) is 12.8 Å². The minimum Gasteiger partial charge on any atom is -0.492 e. The lowest BCUT2D eigenvalue weighted by Crippen LogP contribution is -2.52. The molecule has 0 radical (unpaired) electrons. The summed E-state index contributed by atoms with van der Waals surface area (Å²) in [4.78, 5) is 19.0. The maximum Gasteiger partial charge on any atom is 0.317 e. The molecule has 3 rings (SSSR count). The quantitative estimate of drug-likeness (QED) is 0.804. The number of piperazine rings is 1. The Balaban J connectivity index is 1.32. The second kappa shape index (κ2) is 9.62. The predicted molar refractivity (Wildman–Crippen MR) is 109 cm³/mol. The van der Waals surface area contributed by atoms with E-state index in [-0.39, 0.29) is 6.03 Å². The molecule has 150 valence electrons. The fraction of sp³-hybridized carbons (Fsp3) is 0.650. The fourth-order valence-electron chi connectivity index (χ4n) is 3.77. The molecule has 1 unspecified atom stereocenters. The van der Waals surface area contributed by atoms with Gasteiger partial charge in [-0.25, -0.2) is 4.79 Å². The van der Waals surface area contributed by atoms with Crippen LogP contribution in [-0.4, -0.2) is 86.7 Å². The minimum absolute atomic E-state index is 0.0808. The van der Waals surface area contributed by atoms with E-state index in [1.807, 2.05) is 30.0 Å². The molecule has 2 fully saturated rings. The summed E-state index contributed by atoms with van der Waals surface area (Å²) in [5.41, 5.74) is 1.05. The number of ether oxygens (including phenoxy) is 1. The molecule has 0 aromatic heterocycles. The Hall–Kier alpha value is -1.50. The number of nitrogens with zero attached hydrogens (tertiary/aromatic N) is 3. The number of likely N-dealkylation sites (tertiary alicyclic amines) is 1. The van der Waals surface area contributed by atoms with E-state index >= 15 is 0 Å². The van der Waals surface area contributed by atoms with Gasteiger partial charge in [0.1, 0.15) is 12.4 Å². The van der Waals surface area contributed by atoms with Gasteiger partial charge in [0.25, 0.3) is 0 Å². The summed E-state index contributed by atoms with van der Waals surface area (Å²) in [5.74, 6) is 1.48. The molecular formula is C20H31ClN4O2. The standard InChI is InChI=1S/C20H31ClN4O2/c1-16-13-18(21)3-4-19(16)27-12-11-24-7-9-25(10-8-24)20(26)22-14-17-5-6-23(2)15-17/h3-4,13,17H,5-12,14-15H2,1-2H3,(H,22,26). The third kappa shape index (κ3) is 5.99. The van der Waals surface area contributed by atoms with Gasteiger partial charge in [-0.15, -0.1) is 0 Å². The van der Waals surface area contributed by atoms with Gasteiger partial charge >= 0.3 is 6.03 Å². The van der Waals surface area contributed by atoms with Crippen LogP contribution in [0.3, 0.4) is 0 Å². The number of halogens is 1. The number of amides is 2.